The number of aromatic nitrogens is 3. The van der Waals surface area contributed by atoms with Crippen molar-refractivity contribution >= 4 is 0 Å². The lowest BCUT2D eigenvalue weighted by Gasteiger charge is -2.01. The van der Waals surface area contributed by atoms with Crippen molar-refractivity contribution in [2.45, 2.75) is 25.3 Å². The average Bonchev–Trinajstić information content (AvgIpc) is 2.92. The first-order chi connectivity index (χ1) is 7.69. The minimum absolute atomic E-state index is 0.203. The van der Waals surface area contributed by atoms with Gasteiger partial charge in [-0.15, -0.1) is 0 Å². The van der Waals surface area contributed by atoms with Gasteiger partial charge in [0.2, 0.25) is 0 Å². The zero-order valence-electron chi connectivity index (χ0n) is 9.20. The molecular weight excluding hydrogens is 200 g/mol. The highest BCUT2D eigenvalue weighted by atomic mass is 15.0. The van der Waals surface area contributed by atoms with Gasteiger partial charge in [0.05, 0.1) is 11.2 Å². The molecule has 2 aromatic rings. The molecule has 3 N–H and O–H groups in total. The van der Waals surface area contributed by atoms with Gasteiger partial charge in [-0.05, 0) is 31.9 Å². The number of nitrogens with one attached hydrogen (secondary N) is 1. The second-order valence-electron chi connectivity index (χ2n) is 4.46. The Bertz CT molecular complexity index is 511. The van der Waals surface area contributed by atoms with Gasteiger partial charge in [-0.3, -0.25) is 4.98 Å². The van der Waals surface area contributed by atoms with Crippen LogP contribution in [-0.4, -0.2) is 15.0 Å². The summed E-state index contributed by atoms with van der Waals surface area (Å²) in [6.07, 6.45) is 5.62. The molecule has 0 saturated heterocycles. The van der Waals surface area contributed by atoms with Crippen LogP contribution in [0, 0.1) is 6.92 Å². The molecule has 2 aromatic heterocycles. The standard InChI is InChI=1S/C12H14N4/c1-8-10(9-3-2-6-14-7-9)16-11(15-8)12(13)4-5-12/h2-3,6-7H,4-5,13H2,1H3,(H,15,16). The molecule has 4 heteroatoms. The van der Waals surface area contributed by atoms with Gasteiger partial charge in [-0.1, -0.05) is 0 Å². The molecule has 3 rings (SSSR count). The van der Waals surface area contributed by atoms with Crippen molar-refractivity contribution in [2.24, 2.45) is 5.73 Å². The summed E-state index contributed by atoms with van der Waals surface area (Å²) in [6, 6.07) is 3.93. The van der Waals surface area contributed by atoms with Crippen molar-refractivity contribution in [3.8, 4) is 11.3 Å². The zero-order chi connectivity index (χ0) is 11.2. The molecule has 82 valence electrons. The van der Waals surface area contributed by atoms with E-state index in [4.69, 9.17) is 5.73 Å². The minimum atomic E-state index is -0.203. The van der Waals surface area contributed by atoms with E-state index in [1.165, 1.54) is 0 Å². The smallest absolute Gasteiger partial charge is 0.127 e. The predicted molar refractivity (Wildman–Crippen MR) is 61.7 cm³/mol. The first-order valence-electron chi connectivity index (χ1n) is 5.45. The van der Waals surface area contributed by atoms with Crippen LogP contribution < -0.4 is 5.73 Å². The van der Waals surface area contributed by atoms with Crippen LogP contribution in [0.3, 0.4) is 0 Å². The fourth-order valence-corrected chi connectivity index (χ4v) is 1.85. The van der Waals surface area contributed by atoms with Crippen molar-refractivity contribution in [3.63, 3.8) is 0 Å². The molecule has 1 saturated carbocycles. The summed E-state index contributed by atoms with van der Waals surface area (Å²) in [6.45, 7) is 2.02. The molecule has 1 fully saturated rings. The van der Waals surface area contributed by atoms with Gasteiger partial charge in [-0.2, -0.15) is 0 Å². The number of H-pyrrole nitrogens is 1. The largest absolute Gasteiger partial charge is 0.344 e. The van der Waals surface area contributed by atoms with Crippen LogP contribution in [-0.2, 0) is 5.54 Å². The predicted octanol–water partition coefficient (Wildman–Crippen LogP) is 1.73. The number of rotatable bonds is 2. The average molecular weight is 214 g/mol. The number of nitrogens with two attached hydrogens (primary N) is 1. The monoisotopic (exact) mass is 214 g/mol. The highest BCUT2D eigenvalue weighted by molar-refractivity contribution is 5.60. The normalized spacial score (nSPS) is 17.4. The van der Waals surface area contributed by atoms with Crippen LogP contribution in [0.25, 0.3) is 11.3 Å². The van der Waals surface area contributed by atoms with Crippen LogP contribution in [0.4, 0.5) is 0 Å². The number of aryl methyl sites for hydroxylation is 1. The second kappa shape index (κ2) is 3.15. The van der Waals surface area contributed by atoms with Gasteiger partial charge in [-0.25, -0.2) is 4.98 Å². The number of imidazole rings is 1. The highest BCUT2D eigenvalue weighted by Gasteiger charge is 2.43. The molecule has 16 heavy (non-hydrogen) atoms. The van der Waals surface area contributed by atoms with Gasteiger partial charge in [0.1, 0.15) is 5.82 Å². The van der Waals surface area contributed by atoms with Gasteiger partial charge in [0.15, 0.2) is 0 Å². The summed E-state index contributed by atoms with van der Waals surface area (Å²) < 4.78 is 0. The Kier molecular flexibility index (Phi) is 1.88. The molecule has 1 aliphatic rings. The molecule has 0 unspecified atom stereocenters. The van der Waals surface area contributed by atoms with E-state index in [0.717, 1.165) is 35.6 Å². The topological polar surface area (TPSA) is 67.6 Å². The number of hydrogen-bond donors (Lipinski definition) is 2. The van der Waals surface area contributed by atoms with Crippen molar-refractivity contribution in [1.82, 2.24) is 15.0 Å². The molecule has 0 atom stereocenters. The Hall–Kier alpha value is -1.68. The summed E-state index contributed by atoms with van der Waals surface area (Å²) in [7, 11) is 0. The third-order valence-corrected chi connectivity index (χ3v) is 3.08. The molecule has 0 spiro atoms. The Morgan fingerprint density at radius 3 is 2.88 bits per heavy atom. The lowest BCUT2D eigenvalue weighted by atomic mass is 10.2. The first-order valence-corrected chi connectivity index (χ1v) is 5.45. The van der Waals surface area contributed by atoms with Gasteiger partial charge in [0.25, 0.3) is 0 Å². The number of pyridine rings is 1. The van der Waals surface area contributed by atoms with E-state index in [-0.39, 0.29) is 5.54 Å². The van der Waals surface area contributed by atoms with Crippen molar-refractivity contribution in [2.75, 3.05) is 0 Å². The van der Waals surface area contributed by atoms with E-state index in [0.29, 0.717) is 0 Å². The lowest BCUT2D eigenvalue weighted by Crippen LogP contribution is -2.20. The lowest BCUT2D eigenvalue weighted by molar-refractivity contribution is 0.684. The Labute approximate surface area is 93.9 Å². The van der Waals surface area contributed by atoms with E-state index in [1.54, 1.807) is 6.20 Å². The van der Waals surface area contributed by atoms with Crippen molar-refractivity contribution in [3.05, 3.63) is 36.0 Å². The maximum atomic E-state index is 6.12. The molecule has 1 aliphatic carbocycles. The molecule has 4 nitrogen and oxygen atoms in total. The van der Waals surface area contributed by atoms with Gasteiger partial charge >= 0.3 is 0 Å². The summed E-state index contributed by atoms with van der Waals surface area (Å²) in [5.41, 5.74) is 8.96. The van der Waals surface area contributed by atoms with Crippen molar-refractivity contribution < 1.29 is 0 Å². The summed E-state index contributed by atoms with van der Waals surface area (Å²) in [5, 5.41) is 0. The van der Waals surface area contributed by atoms with Crippen LogP contribution in [0.15, 0.2) is 24.5 Å². The van der Waals surface area contributed by atoms with E-state index in [1.807, 2.05) is 25.3 Å². The second-order valence-corrected chi connectivity index (χ2v) is 4.46. The van der Waals surface area contributed by atoms with Crippen LogP contribution in [0.1, 0.15) is 24.4 Å². The van der Waals surface area contributed by atoms with Crippen LogP contribution in [0.5, 0.6) is 0 Å². The fraction of sp³-hybridized carbons (Fsp3) is 0.333. The number of nitrogens with zero attached hydrogens (tertiary/aromatic N) is 2. The quantitative estimate of drug-likeness (QED) is 0.800. The summed E-state index contributed by atoms with van der Waals surface area (Å²) in [5.74, 6) is 0.906. The molecule has 0 amide bonds. The molecule has 0 aliphatic heterocycles. The minimum Gasteiger partial charge on any atom is -0.344 e. The fourth-order valence-electron chi connectivity index (χ4n) is 1.85. The highest BCUT2D eigenvalue weighted by Crippen LogP contribution is 2.42. The summed E-state index contributed by atoms with van der Waals surface area (Å²) >= 11 is 0. The SMILES string of the molecule is Cc1[nH]c(C2(N)CC2)nc1-c1cccnc1. The van der Waals surface area contributed by atoms with Crippen molar-refractivity contribution in [1.29, 1.82) is 0 Å². The van der Waals surface area contributed by atoms with E-state index in [9.17, 15) is 0 Å². The molecular formula is C12H14N4. The van der Waals surface area contributed by atoms with E-state index in [2.05, 4.69) is 15.0 Å². The van der Waals surface area contributed by atoms with Gasteiger partial charge in [0, 0.05) is 23.7 Å². The van der Waals surface area contributed by atoms with Crippen LogP contribution in [0.2, 0.25) is 0 Å². The number of aromatic amines is 1. The maximum absolute atomic E-state index is 6.12. The van der Waals surface area contributed by atoms with Gasteiger partial charge < -0.3 is 10.7 Å². The first kappa shape index (κ1) is 9.54. The van der Waals surface area contributed by atoms with Crippen LogP contribution >= 0.6 is 0 Å². The van der Waals surface area contributed by atoms with E-state index >= 15 is 0 Å². The summed E-state index contributed by atoms with van der Waals surface area (Å²) in [4.78, 5) is 12.0. The maximum Gasteiger partial charge on any atom is 0.127 e. The molecule has 0 radical (unpaired) electrons. The number of hydrogen-bond acceptors (Lipinski definition) is 3. The Morgan fingerprint density at radius 1 is 1.44 bits per heavy atom. The molecule has 0 aromatic carbocycles. The Morgan fingerprint density at radius 2 is 2.25 bits per heavy atom. The molecule has 0 bridgehead atoms. The Balaban J connectivity index is 2.06. The zero-order valence-corrected chi connectivity index (χ0v) is 9.20. The molecule has 2 heterocycles. The van der Waals surface area contributed by atoms with E-state index < -0.39 is 0 Å². The third-order valence-electron chi connectivity index (χ3n) is 3.08. The third kappa shape index (κ3) is 1.42.